The van der Waals surface area contributed by atoms with E-state index in [9.17, 15) is 18.4 Å². The van der Waals surface area contributed by atoms with Gasteiger partial charge in [0, 0.05) is 18.8 Å². The topological polar surface area (TPSA) is 49.4 Å². The van der Waals surface area contributed by atoms with E-state index in [1.165, 1.54) is 30.0 Å². The average Bonchev–Trinajstić information content (AvgIpc) is 2.76. The van der Waals surface area contributed by atoms with Crippen LogP contribution in [0.3, 0.4) is 0 Å². The van der Waals surface area contributed by atoms with Crippen molar-refractivity contribution in [2.45, 2.75) is 51.4 Å². The number of nitrogens with zero attached hydrogens (tertiary/aromatic N) is 1. The van der Waals surface area contributed by atoms with Crippen LogP contribution in [0.25, 0.3) is 0 Å². The second kappa shape index (κ2) is 13.1. The van der Waals surface area contributed by atoms with E-state index in [2.05, 4.69) is 5.32 Å². The summed E-state index contributed by atoms with van der Waals surface area (Å²) in [7, 11) is 0. The highest BCUT2D eigenvalue weighted by molar-refractivity contribution is 7.99. The van der Waals surface area contributed by atoms with Gasteiger partial charge in [-0.1, -0.05) is 50.6 Å². The van der Waals surface area contributed by atoms with Crippen molar-refractivity contribution in [3.8, 4) is 0 Å². The lowest BCUT2D eigenvalue weighted by Crippen LogP contribution is -2.49. The molecule has 1 atom stereocenters. The number of amides is 2. The van der Waals surface area contributed by atoms with Gasteiger partial charge in [0.1, 0.15) is 17.7 Å². The normalized spacial score (nSPS) is 11.7. The lowest BCUT2D eigenvalue weighted by Gasteiger charge is -2.30. The summed E-state index contributed by atoms with van der Waals surface area (Å²) >= 11 is 1.31. The first-order chi connectivity index (χ1) is 15.0. The fourth-order valence-electron chi connectivity index (χ4n) is 3.16. The highest BCUT2D eigenvalue weighted by Crippen LogP contribution is 2.19. The molecule has 2 aromatic carbocycles. The number of unbranched alkanes of at least 4 members (excludes halogenated alkanes) is 1. The van der Waals surface area contributed by atoms with Gasteiger partial charge in [0.25, 0.3) is 0 Å². The summed E-state index contributed by atoms with van der Waals surface area (Å²) in [4.78, 5) is 27.4. The van der Waals surface area contributed by atoms with Crippen LogP contribution in [0.5, 0.6) is 0 Å². The van der Waals surface area contributed by atoms with E-state index >= 15 is 0 Å². The number of nitrogens with one attached hydrogen (secondary N) is 1. The predicted octanol–water partition coefficient (Wildman–Crippen LogP) is 4.92. The summed E-state index contributed by atoms with van der Waals surface area (Å²) in [6.07, 6.45) is 2.29. The van der Waals surface area contributed by atoms with Crippen LogP contribution < -0.4 is 5.32 Å². The average molecular weight is 449 g/mol. The van der Waals surface area contributed by atoms with E-state index < -0.39 is 6.04 Å². The summed E-state index contributed by atoms with van der Waals surface area (Å²) in [6, 6.07) is 11.8. The van der Waals surface area contributed by atoms with Crippen LogP contribution in [0.15, 0.2) is 48.5 Å². The van der Waals surface area contributed by atoms with Crippen molar-refractivity contribution in [1.82, 2.24) is 10.2 Å². The molecule has 0 aliphatic heterocycles. The summed E-state index contributed by atoms with van der Waals surface area (Å²) in [6.45, 7) is 4.67. The second-order valence-corrected chi connectivity index (χ2v) is 8.29. The van der Waals surface area contributed by atoms with Crippen molar-refractivity contribution in [3.05, 3.63) is 71.3 Å². The molecule has 168 valence electrons. The molecule has 0 heterocycles. The number of rotatable bonds is 12. The van der Waals surface area contributed by atoms with E-state index in [1.54, 1.807) is 35.2 Å². The van der Waals surface area contributed by atoms with Crippen LogP contribution in [0, 0.1) is 11.6 Å². The third kappa shape index (κ3) is 7.98. The fraction of sp³-hybridized carbons (Fsp3) is 0.417. The number of halogens is 2. The zero-order chi connectivity index (χ0) is 22.6. The molecule has 0 fully saturated rings. The second-order valence-electron chi connectivity index (χ2n) is 7.30. The Bertz CT molecular complexity index is 846. The van der Waals surface area contributed by atoms with Crippen LogP contribution >= 0.6 is 11.8 Å². The first kappa shape index (κ1) is 24.9. The number of benzene rings is 2. The first-order valence-corrected chi connectivity index (χ1v) is 11.7. The monoisotopic (exact) mass is 448 g/mol. The van der Waals surface area contributed by atoms with Crippen molar-refractivity contribution in [2.24, 2.45) is 0 Å². The highest BCUT2D eigenvalue weighted by Gasteiger charge is 2.28. The third-order valence-corrected chi connectivity index (χ3v) is 5.89. The first-order valence-electron chi connectivity index (χ1n) is 10.6. The van der Waals surface area contributed by atoms with Crippen molar-refractivity contribution < 1.29 is 18.4 Å². The Morgan fingerprint density at radius 1 is 1.06 bits per heavy atom. The number of carbonyl (C=O) groups excluding carboxylic acids is 2. The summed E-state index contributed by atoms with van der Waals surface area (Å²) in [5, 5.41) is 2.91. The molecule has 4 nitrogen and oxygen atoms in total. The molecule has 2 rings (SSSR count). The van der Waals surface area contributed by atoms with Crippen LogP contribution in [0.4, 0.5) is 8.78 Å². The predicted molar refractivity (Wildman–Crippen MR) is 122 cm³/mol. The maximum absolute atomic E-state index is 13.8. The molecular formula is C24H30F2N2O2S. The van der Waals surface area contributed by atoms with Gasteiger partial charge in [-0.3, -0.25) is 9.59 Å². The van der Waals surface area contributed by atoms with Crippen molar-refractivity contribution in [2.75, 3.05) is 12.3 Å². The molecular weight excluding hydrogens is 418 g/mol. The van der Waals surface area contributed by atoms with Crippen LogP contribution in [0.1, 0.15) is 44.2 Å². The summed E-state index contributed by atoms with van der Waals surface area (Å²) < 4.78 is 27.1. The molecule has 0 saturated carbocycles. The molecule has 0 radical (unpaired) electrons. The van der Waals surface area contributed by atoms with Crippen LogP contribution in [0.2, 0.25) is 0 Å². The Morgan fingerprint density at radius 2 is 1.77 bits per heavy atom. The molecule has 31 heavy (non-hydrogen) atoms. The van der Waals surface area contributed by atoms with E-state index in [1.807, 2.05) is 13.8 Å². The number of thioether (sulfide) groups is 1. The molecule has 0 aliphatic carbocycles. The summed E-state index contributed by atoms with van der Waals surface area (Å²) in [5.74, 6) is -0.566. The third-order valence-electron chi connectivity index (χ3n) is 4.92. The van der Waals surface area contributed by atoms with E-state index in [0.717, 1.165) is 18.4 Å². The summed E-state index contributed by atoms with van der Waals surface area (Å²) in [5.41, 5.74) is 1.28. The SMILES string of the molecule is CCCCNC(=O)[C@@H](CC)N(Cc1ccc(F)cc1)C(=O)CSCc1ccccc1F. The van der Waals surface area contributed by atoms with E-state index in [-0.39, 0.29) is 35.7 Å². The molecule has 0 spiro atoms. The molecule has 0 bridgehead atoms. The quantitative estimate of drug-likeness (QED) is 0.469. The minimum Gasteiger partial charge on any atom is -0.354 e. The van der Waals surface area contributed by atoms with Gasteiger partial charge in [-0.2, -0.15) is 0 Å². The van der Waals surface area contributed by atoms with Crippen molar-refractivity contribution >= 4 is 23.6 Å². The van der Waals surface area contributed by atoms with Gasteiger partial charge in [-0.05, 0) is 42.2 Å². The highest BCUT2D eigenvalue weighted by atomic mass is 32.2. The fourth-order valence-corrected chi connectivity index (χ4v) is 4.06. The Balaban J connectivity index is 2.10. The lowest BCUT2D eigenvalue weighted by molar-refractivity contribution is -0.139. The van der Waals surface area contributed by atoms with Crippen LogP contribution in [-0.2, 0) is 21.9 Å². The molecule has 0 unspecified atom stereocenters. The minimum absolute atomic E-state index is 0.119. The Kier molecular flexibility index (Phi) is 10.5. The van der Waals surface area contributed by atoms with E-state index in [0.29, 0.717) is 24.3 Å². The van der Waals surface area contributed by atoms with Gasteiger partial charge in [-0.25, -0.2) is 8.78 Å². The van der Waals surface area contributed by atoms with Gasteiger partial charge in [-0.15, -0.1) is 11.8 Å². The Hall–Kier alpha value is -2.41. The minimum atomic E-state index is -0.622. The van der Waals surface area contributed by atoms with Gasteiger partial charge in [0.15, 0.2) is 0 Å². The lowest BCUT2D eigenvalue weighted by atomic mass is 10.1. The maximum atomic E-state index is 13.8. The maximum Gasteiger partial charge on any atom is 0.242 e. The molecule has 0 aromatic heterocycles. The standard InChI is InChI=1S/C24H30F2N2O2S/c1-3-5-14-27-24(30)22(4-2)28(15-18-10-12-20(25)13-11-18)23(29)17-31-16-19-8-6-7-9-21(19)26/h6-13,22H,3-5,14-17H2,1-2H3,(H,27,30)/t22-/m1/s1. The zero-order valence-corrected chi connectivity index (χ0v) is 18.9. The molecule has 0 saturated heterocycles. The van der Waals surface area contributed by atoms with Gasteiger partial charge in [0.2, 0.25) is 11.8 Å². The van der Waals surface area contributed by atoms with E-state index in [4.69, 9.17) is 0 Å². The molecule has 2 amide bonds. The smallest absolute Gasteiger partial charge is 0.242 e. The molecule has 7 heteroatoms. The van der Waals surface area contributed by atoms with Gasteiger partial charge < -0.3 is 10.2 Å². The molecule has 0 aliphatic rings. The molecule has 2 aromatic rings. The number of hydrogen-bond acceptors (Lipinski definition) is 3. The Morgan fingerprint density at radius 3 is 2.42 bits per heavy atom. The number of carbonyl (C=O) groups is 2. The molecule has 1 N–H and O–H groups in total. The van der Waals surface area contributed by atoms with Crippen LogP contribution in [-0.4, -0.2) is 35.1 Å². The van der Waals surface area contributed by atoms with Gasteiger partial charge >= 0.3 is 0 Å². The van der Waals surface area contributed by atoms with Crippen molar-refractivity contribution in [1.29, 1.82) is 0 Å². The number of hydrogen-bond donors (Lipinski definition) is 1. The zero-order valence-electron chi connectivity index (χ0n) is 18.1. The van der Waals surface area contributed by atoms with Crippen molar-refractivity contribution in [3.63, 3.8) is 0 Å². The largest absolute Gasteiger partial charge is 0.354 e. The van der Waals surface area contributed by atoms with Gasteiger partial charge in [0.05, 0.1) is 5.75 Å². The Labute approximate surface area is 187 Å².